The summed E-state index contributed by atoms with van der Waals surface area (Å²) in [6.45, 7) is 3.97. The zero-order chi connectivity index (χ0) is 15.9. The van der Waals surface area contributed by atoms with Crippen molar-refractivity contribution >= 4 is 5.91 Å². The zero-order valence-electron chi connectivity index (χ0n) is 13.2. The Hall–Kier alpha value is -2.49. The first-order chi connectivity index (χ1) is 10.6. The van der Waals surface area contributed by atoms with Gasteiger partial charge in [-0.05, 0) is 50.2 Å². The van der Waals surface area contributed by atoms with Gasteiger partial charge in [-0.25, -0.2) is 0 Å². The Morgan fingerprint density at radius 3 is 2.09 bits per heavy atom. The molecule has 0 aromatic heterocycles. The lowest BCUT2D eigenvalue weighted by atomic mass is 10.3. The highest BCUT2D eigenvalue weighted by Crippen LogP contribution is 2.23. The molecule has 0 N–H and O–H groups in total. The van der Waals surface area contributed by atoms with E-state index in [9.17, 15) is 4.79 Å². The normalized spacial score (nSPS) is 10.4. The van der Waals surface area contributed by atoms with E-state index in [4.69, 9.17) is 9.47 Å². The molecule has 2 aromatic rings. The van der Waals surface area contributed by atoms with E-state index in [2.05, 4.69) is 0 Å². The van der Waals surface area contributed by atoms with Gasteiger partial charge in [0.15, 0.2) is 6.61 Å². The second-order valence-electron chi connectivity index (χ2n) is 5.27. The summed E-state index contributed by atoms with van der Waals surface area (Å²) in [6.07, 6.45) is 0. The molecular weight excluding hydrogens is 278 g/mol. The molecule has 0 heterocycles. The van der Waals surface area contributed by atoms with Crippen LogP contribution in [0.1, 0.15) is 13.8 Å². The molecule has 0 aliphatic heterocycles. The average molecular weight is 299 g/mol. The number of amides is 1. The Morgan fingerprint density at radius 2 is 1.50 bits per heavy atom. The summed E-state index contributed by atoms with van der Waals surface area (Å²) in [5.41, 5.74) is 0. The van der Waals surface area contributed by atoms with Crippen molar-refractivity contribution in [2.75, 3.05) is 13.7 Å². The molecule has 22 heavy (non-hydrogen) atoms. The van der Waals surface area contributed by atoms with Crippen LogP contribution in [-0.4, -0.2) is 30.5 Å². The smallest absolute Gasteiger partial charge is 0.260 e. The van der Waals surface area contributed by atoms with Crippen LogP contribution in [-0.2, 0) is 4.79 Å². The number of hydrogen-bond acceptors (Lipinski definition) is 3. The van der Waals surface area contributed by atoms with Crippen LogP contribution in [0, 0.1) is 0 Å². The van der Waals surface area contributed by atoms with Crippen LogP contribution in [0.25, 0.3) is 0 Å². The highest BCUT2D eigenvalue weighted by molar-refractivity contribution is 5.77. The van der Waals surface area contributed by atoms with E-state index in [0.29, 0.717) is 5.75 Å². The maximum absolute atomic E-state index is 11.8. The second kappa shape index (κ2) is 7.50. The number of ether oxygens (including phenoxy) is 2. The quantitative estimate of drug-likeness (QED) is 0.816. The molecule has 4 nitrogen and oxygen atoms in total. The predicted molar refractivity (Wildman–Crippen MR) is 86.4 cm³/mol. The van der Waals surface area contributed by atoms with Gasteiger partial charge in [-0.1, -0.05) is 18.2 Å². The summed E-state index contributed by atoms with van der Waals surface area (Å²) >= 11 is 0. The predicted octanol–water partition coefficient (Wildman–Crippen LogP) is 3.72. The summed E-state index contributed by atoms with van der Waals surface area (Å²) in [5, 5.41) is 0. The average Bonchev–Trinajstić information content (AvgIpc) is 2.54. The number of carbonyl (C=O) groups excluding carboxylic acids is 1. The third-order valence-corrected chi connectivity index (χ3v) is 3.33. The molecule has 0 spiro atoms. The lowest BCUT2D eigenvalue weighted by molar-refractivity contribution is -0.133. The Labute approximate surface area is 131 Å². The number of carbonyl (C=O) groups is 1. The lowest BCUT2D eigenvalue weighted by Gasteiger charge is -2.21. The maximum Gasteiger partial charge on any atom is 0.260 e. The van der Waals surface area contributed by atoms with Crippen LogP contribution in [0.5, 0.6) is 17.2 Å². The number of hydrogen-bond donors (Lipinski definition) is 0. The zero-order valence-corrected chi connectivity index (χ0v) is 13.2. The molecule has 0 radical (unpaired) electrons. The van der Waals surface area contributed by atoms with E-state index in [1.54, 1.807) is 24.1 Å². The first-order valence-corrected chi connectivity index (χ1v) is 7.27. The fourth-order valence-electron chi connectivity index (χ4n) is 1.76. The summed E-state index contributed by atoms with van der Waals surface area (Å²) in [5.74, 6) is 2.11. The van der Waals surface area contributed by atoms with E-state index >= 15 is 0 Å². The van der Waals surface area contributed by atoms with Gasteiger partial charge < -0.3 is 14.4 Å². The van der Waals surface area contributed by atoms with Gasteiger partial charge in [-0.15, -0.1) is 0 Å². The van der Waals surface area contributed by atoms with Crippen molar-refractivity contribution < 1.29 is 14.3 Å². The summed E-state index contributed by atoms with van der Waals surface area (Å²) in [7, 11) is 1.77. The van der Waals surface area contributed by atoms with Gasteiger partial charge in [0.25, 0.3) is 5.91 Å². The van der Waals surface area contributed by atoms with Gasteiger partial charge in [0.05, 0.1) is 0 Å². The van der Waals surface area contributed by atoms with Crippen molar-refractivity contribution in [3.05, 3.63) is 54.6 Å². The molecule has 0 aliphatic rings. The van der Waals surface area contributed by atoms with E-state index in [0.717, 1.165) is 11.5 Å². The van der Waals surface area contributed by atoms with Crippen molar-refractivity contribution in [2.45, 2.75) is 19.9 Å². The minimum absolute atomic E-state index is 0.0353. The molecule has 0 unspecified atom stereocenters. The molecule has 0 atom stereocenters. The van der Waals surface area contributed by atoms with Crippen molar-refractivity contribution in [2.24, 2.45) is 0 Å². The molecular formula is C18H21NO3. The maximum atomic E-state index is 11.8. The molecule has 0 fully saturated rings. The van der Waals surface area contributed by atoms with Crippen molar-refractivity contribution in [3.8, 4) is 17.2 Å². The third-order valence-electron chi connectivity index (χ3n) is 3.33. The molecule has 2 aromatic carbocycles. The van der Waals surface area contributed by atoms with E-state index < -0.39 is 0 Å². The Morgan fingerprint density at radius 1 is 0.955 bits per heavy atom. The van der Waals surface area contributed by atoms with Crippen LogP contribution in [0.4, 0.5) is 0 Å². The molecule has 0 saturated carbocycles. The summed E-state index contributed by atoms with van der Waals surface area (Å²) < 4.78 is 11.2. The first-order valence-electron chi connectivity index (χ1n) is 7.27. The van der Waals surface area contributed by atoms with E-state index in [1.807, 2.05) is 56.3 Å². The highest BCUT2D eigenvalue weighted by atomic mass is 16.5. The molecule has 0 saturated heterocycles. The Balaban J connectivity index is 1.88. The summed E-state index contributed by atoms with van der Waals surface area (Å²) in [4.78, 5) is 13.5. The largest absolute Gasteiger partial charge is 0.484 e. The van der Waals surface area contributed by atoms with Gasteiger partial charge in [0.1, 0.15) is 17.2 Å². The lowest BCUT2D eigenvalue weighted by Crippen LogP contribution is -2.36. The minimum Gasteiger partial charge on any atom is -0.484 e. The van der Waals surface area contributed by atoms with Crippen LogP contribution in [0.2, 0.25) is 0 Å². The van der Waals surface area contributed by atoms with Gasteiger partial charge in [0, 0.05) is 13.1 Å². The Kier molecular flexibility index (Phi) is 5.42. The van der Waals surface area contributed by atoms with Gasteiger partial charge in [0.2, 0.25) is 0 Å². The molecule has 1 amide bonds. The molecule has 0 bridgehead atoms. The molecule has 116 valence electrons. The number of benzene rings is 2. The fourth-order valence-corrected chi connectivity index (χ4v) is 1.76. The van der Waals surface area contributed by atoms with Crippen LogP contribution < -0.4 is 9.47 Å². The third kappa shape index (κ3) is 4.52. The van der Waals surface area contributed by atoms with E-state index in [-0.39, 0.29) is 18.6 Å². The number of para-hydroxylation sites is 1. The highest BCUT2D eigenvalue weighted by Gasteiger charge is 2.12. The van der Waals surface area contributed by atoms with Crippen molar-refractivity contribution in [1.82, 2.24) is 4.90 Å². The fraction of sp³-hybridized carbons (Fsp3) is 0.278. The molecule has 0 aliphatic carbocycles. The van der Waals surface area contributed by atoms with Crippen LogP contribution in [0.3, 0.4) is 0 Å². The van der Waals surface area contributed by atoms with Crippen LogP contribution in [0.15, 0.2) is 54.6 Å². The van der Waals surface area contributed by atoms with Crippen molar-refractivity contribution in [1.29, 1.82) is 0 Å². The first kappa shape index (κ1) is 15.9. The van der Waals surface area contributed by atoms with Gasteiger partial charge in [-0.3, -0.25) is 4.79 Å². The Bertz CT molecular complexity index is 593. The van der Waals surface area contributed by atoms with E-state index in [1.165, 1.54) is 0 Å². The monoisotopic (exact) mass is 299 g/mol. The number of rotatable bonds is 6. The summed E-state index contributed by atoms with van der Waals surface area (Å²) in [6, 6.07) is 17.0. The number of nitrogens with zero attached hydrogens (tertiary/aromatic N) is 1. The number of likely N-dealkylation sites (N-methyl/N-ethyl adjacent to an activating group) is 1. The SMILES string of the molecule is CC(C)N(C)C(=O)COc1ccc(Oc2ccccc2)cc1. The topological polar surface area (TPSA) is 38.8 Å². The minimum atomic E-state index is -0.0420. The van der Waals surface area contributed by atoms with Crippen LogP contribution >= 0.6 is 0 Å². The second-order valence-corrected chi connectivity index (χ2v) is 5.27. The molecule has 2 rings (SSSR count). The standard InChI is InChI=1S/C18H21NO3/c1-14(2)19(3)18(20)13-21-15-9-11-17(12-10-15)22-16-7-5-4-6-8-16/h4-12,14H,13H2,1-3H3. The van der Waals surface area contributed by atoms with Gasteiger partial charge in [-0.2, -0.15) is 0 Å². The molecule has 4 heteroatoms. The van der Waals surface area contributed by atoms with Crippen molar-refractivity contribution in [3.63, 3.8) is 0 Å². The van der Waals surface area contributed by atoms with Gasteiger partial charge >= 0.3 is 0 Å².